The molecule has 2 heterocycles. The molecule has 0 bridgehead atoms. The Hall–Kier alpha value is -3.27. The zero-order valence-corrected chi connectivity index (χ0v) is 30.0. The van der Waals surface area contributed by atoms with Crippen molar-refractivity contribution in [3.63, 3.8) is 0 Å². The Labute approximate surface area is 291 Å². The lowest BCUT2D eigenvalue weighted by Crippen LogP contribution is -2.57. The van der Waals surface area contributed by atoms with Gasteiger partial charge in [-0.1, -0.05) is 69.6 Å². The van der Waals surface area contributed by atoms with Crippen molar-refractivity contribution in [2.45, 2.75) is 70.4 Å². The van der Waals surface area contributed by atoms with Crippen molar-refractivity contribution in [3.8, 4) is 0 Å². The van der Waals surface area contributed by atoms with Crippen molar-refractivity contribution < 1.29 is 28.2 Å². The minimum atomic E-state index is -4.10. The molecule has 1 fully saturated rings. The fourth-order valence-corrected chi connectivity index (χ4v) is 8.18. The number of urea groups is 1. The molecule has 1 saturated heterocycles. The Bertz CT molecular complexity index is 1650. The van der Waals surface area contributed by atoms with Crippen LogP contribution in [0, 0.1) is 11.8 Å². The van der Waals surface area contributed by atoms with Gasteiger partial charge in [0.15, 0.2) is 0 Å². The molecule has 262 valence electrons. The summed E-state index contributed by atoms with van der Waals surface area (Å²) in [5.41, 5.74) is 7.54. The number of hydrogen-bond donors (Lipinski definition) is 4. The third kappa shape index (κ3) is 9.24. The molecular formula is C33H45ClN6O6S2. The predicted molar refractivity (Wildman–Crippen MR) is 187 cm³/mol. The number of carbonyl (C=O) groups is 2. The van der Waals surface area contributed by atoms with E-state index in [-0.39, 0.29) is 66.1 Å². The molecule has 15 heteroatoms. The van der Waals surface area contributed by atoms with Gasteiger partial charge >= 0.3 is 6.03 Å². The van der Waals surface area contributed by atoms with E-state index in [4.69, 9.17) is 17.3 Å². The molecule has 3 aromatic rings. The molecule has 3 amide bonds. The fraction of sp³-hybridized carbons (Fsp3) is 0.485. The summed E-state index contributed by atoms with van der Waals surface area (Å²) in [7, 11) is -4.10. The monoisotopic (exact) mass is 720 g/mol. The number of nitrogens with zero attached hydrogens (tertiary/aromatic N) is 4. The van der Waals surface area contributed by atoms with E-state index >= 15 is 0 Å². The number of aromatic nitrogens is 1. The maximum atomic E-state index is 14.0. The van der Waals surface area contributed by atoms with Gasteiger partial charge in [0, 0.05) is 31.6 Å². The van der Waals surface area contributed by atoms with E-state index in [2.05, 4.69) is 10.3 Å². The van der Waals surface area contributed by atoms with Crippen LogP contribution in [0.2, 0.25) is 5.02 Å². The van der Waals surface area contributed by atoms with Gasteiger partial charge < -0.3 is 31.1 Å². The van der Waals surface area contributed by atoms with Crippen LogP contribution in [-0.2, 0) is 34.4 Å². The van der Waals surface area contributed by atoms with E-state index in [1.54, 1.807) is 10.3 Å². The van der Waals surface area contributed by atoms with Crippen molar-refractivity contribution in [2.24, 2.45) is 11.8 Å². The molecule has 1 aromatic heterocycles. The Kier molecular flexibility index (Phi) is 12.8. The molecule has 48 heavy (non-hydrogen) atoms. The number of anilines is 1. The smallest absolute Gasteiger partial charge is 0.321 e. The van der Waals surface area contributed by atoms with Gasteiger partial charge in [0.25, 0.3) is 0 Å². The van der Waals surface area contributed by atoms with Gasteiger partial charge in [-0.2, -0.15) is 4.31 Å². The first-order valence-electron chi connectivity index (χ1n) is 15.9. The summed E-state index contributed by atoms with van der Waals surface area (Å²) in [6.07, 6.45) is -1.09. The zero-order valence-electron chi connectivity index (χ0n) is 27.6. The number of benzene rings is 2. The highest BCUT2D eigenvalue weighted by molar-refractivity contribution is 7.89. The molecule has 0 radical (unpaired) electrons. The van der Waals surface area contributed by atoms with Crippen molar-refractivity contribution in [1.82, 2.24) is 24.4 Å². The second-order valence-electron chi connectivity index (χ2n) is 12.7. The lowest BCUT2D eigenvalue weighted by molar-refractivity contribution is -0.128. The molecule has 0 saturated carbocycles. The highest BCUT2D eigenvalue weighted by atomic mass is 35.5. The number of halogens is 1. The van der Waals surface area contributed by atoms with Crippen LogP contribution in [0.5, 0.6) is 0 Å². The number of rotatable bonds is 16. The van der Waals surface area contributed by atoms with Crippen LogP contribution in [0.3, 0.4) is 0 Å². The van der Waals surface area contributed by atoms with Gasteiger partial charge in [-0.15, -0.1) is 11.3 Å². The molecule has 3 atom stereocenters. The van der Waals surface area contributed by atoms with Gasteiger partial charge in [-0.05, 0) is 42.0 Å². The topological polar surface area (TPSA) is 169 Å². The molecule has 1 unspecified atom stereocenters. The number of aliphatic hydroxyl groups is 2. The van der Waals surface area contributed by atoms with Crippen LogP contribution in [0.25, 0.3) is 0 Å². The summed E-state index contributed by atoms with van der Waals surface area (Å²) in [6, 6.07) is 11.3. The van der Waals surface area contributed by atoms with Crippen molar-refractivity contribution >= 4 is 50.6 Å². The van der Waals surface area contributed by atoms with Gasteiger partial charge in [-0.3, -0.25) is 4.79 Å². The number of amides is 3. The van der Waals surface area contributed by atoms with E-state index in [9.17, 15) is 28.2 Å². The average molecular weight is 721 g/mol. The first-order chi connectivity index (χ1) is 22.7. The third-order valence-corrected chi connectivity index (χ3v) is 11.2. The van der Waals surface area contributed by atoms with E-state index in [1.165, 1.54) is 38.7 Å². The first kappa shape index (κ1) is 37.5. The summed E-state index contributed by atoms with van der Waals surface area (Å²) in [4.78, 5) is 35.0. The molecular weight excluding hydrogens is 676 g/mol. The highest BCUT2D eigenvalue weighted by Crippen LogP contribution is 2.26. The van der Waals surface area contributed by atoms with Crippen molar-refractivity contribution in [3.05, 3.63) is 75.2 Å². The van der Waals surface area contributed by atoms with E-state index in [1.807, 2.05) is 58.0 Å². The molecule has 2 aromatic carbocycles. The molecule has 5 N–H and O–H groups in total. The standard InChI is InChI=1S/C33H45ClN6O6S2/c1-21(2)16-39(48(45,46)25-10-11-26(34)27(35)15-25)18-29(42)28(14-23-8-6-5-7-9-23)37-32(43)31(22(3)4)40-13-12-38(33(40)44)17-24-20-47-30(19-41)36-24/h5-11,15,20-22,28-29,31,41-42H,12-14,16-19,35H2,1-4H3,(H,37,43)/t28?,29-,31+/m1/s1. The van der Waals surface area contributed by atoms with Crippen LogP contribution >= 0.6 is 22.9 Å². The Morgan fingerprint density at radius 2 is 1.83 bits per heavy atom. The quantitative estimate of drug-likeness (QED) is 0.163. The van der Waals surface area contributed by atoms with Crippen LogP contribution in [0.4, 0.5) is 10.5 Å². The van der Waals surface area contributed by atoms with Crippen LogP contribution in [0.1, 0.15) is 44.0 Å². The Morgan fingerprint density at radius 3 is 2.44 bits per heavy atom. The highest BCUT2D eigenvalue weighted by Gasteiger charge is 2.40. The Balaban J connectivity index is 1.57. The average Bonchev–Trinajstić information content (AvgIpc) is 3.64. The number of nitrogens with two attached hydrogens (primary N) is 1. The molecule has 12 nitrogen and oxygen atoms in total. The van der Waals surface area contributed by atoms with Gasteiger partial charge in [0.05, 0.1) is 46.6 Å². The number of nitrogen functional groups attached to an aromatic ring is 1. The number of aliphatic hydroxyl groups excluding tert-OH is 2. The second kappa shape index (κ2) is 16.4. The molecule has 1 aliphatic heterocycles. The van der Waals surface area contributed by atoms with Gasteiger partial charge in [0.2, 0.25) is 15.9 Å². The lowest BCUT2D eigenvalue weighted by atomic mass is 9.97. The number of nitrogens with one attached hydrogen (secondary N) is 1. The van der Waals surface area contributed by atoms with E-state index in [0.29, 0.717) is 23.8 Å². The number of sulfonamides is 1. The minimum Gasteiger partial charge on any atom is -0.397 e. The lowest BCUT2D eigenvalue weighted by Gasteiger charge is -2.34. The molecule has 0 aliphatic carbocycles. The maximum absolute atomic E-state index is 14.0. The third-order valence-electron chi connectivity index (χ3n) is 8.11. The number of carbonyl (C=O) groups excluding carboxylic acids is 2. The summed E-state index contributed by atoms with van der Waals surface area (Å²) in [5, 5.41) is 26.6. The SMILES string of the molecule is CC(C)CN(C[C@@H](O)C(Cc1ccccc1)NC(=O)[C@H](C(C)C)N1CCN(Cc2csc(CO)n2)C1=O)S(=O)(=O)c1ccc(Cl)c(N)c1. The summed E-state index contributed by atoms with van der Waals surface area (Å²) < 4.78 is 28.8. The van der Waals surface area contributed by atoms with Gasteiger partial charge in [0.1, 0.15) is 11.0 Å². The number of hydrogen-bond acceptors (Lipinski definition) is 9. The molecule has 4 rings (SSSR count). The van der Waals surface area contributed by atoms with Crippen LogP contribution in [-0.4, -0.2) is 94.0 Å². The van der Waals surface area contributed by atoms with Crippen LogP contribution in [0.15, 0.2) is 58.8 Å². The molecule has 0 spiro atoms. The largest absolute Gasteiger partial charge is 0.397 e. The van der Waals surface area contributed by atoms with Gasteiger partial charge in [-0.25, -0.2) is 18.2 Å². The predicted octanol–water partition coefficient (Wildman–Crippen LogP) is 3.57. The van der Waals surface area contributed by atoms with E-state index < -0.39 is 34.1 Å². The fourth-order valence-electron chi connectivity index (χ4n) is 5.76. The van der Waals surface area contributed by atoms with Crippen molar-refractivity contribution in [2.75, 3.05) is 31.9 Å². The normalized spacial score (nSPS) is 15.8. The van der Waals surface area contributed by atoms with E-state index in [0.717, 1.165) is 5.56 Å². The zero-order chi connectivity index (χ0) is 35.2. The summed E-state index contributed by atoms with van der Waals surface area (Å²) in [5.74, 6) is -0.787. The molecule has 1 aliphatic rings. The maximum Gasteiger partial charge on any atom is 0.321 e. The van der Waals surface area contributed by atoms with Crippen LogP contribution < -0.4 is 11.1 Å². The summed E-state index contributed by atoms with van der Waals surface area (Å²) in [6.45, 7) is 8.07. The number of thiazole rings is 1. The minimum absolute atomic E-state index is 0.0527. The first-order valence-corrected chi connectivity index (χ1v) is 18.6. The Morgan fingerprint density at radius 1 is 1.12 bits per heavy atom. The second-order valence-corrected chi connectivity index (χ2v) is 16.0. The summed E-state index contributed by atoms with van der Waals surface area (Å²) >= 11 is 7.37. The van der Waals surface area contributed by atoms with Crippen molar-refractivity contribution in [1.29, 1.82) is 0 Å².